The molecule has 3 aromatic rings. The van der Waals surface area contributed by atoms with Gasteiger partial charge in [-0.2, -0.15) is 0 Å². The standard InChI is InChI=1S/C23H23NO3/c1-26-20-13-8-17(9-14-20)7-10-18-5-3-4-6-22(18)24-23(25)19-11-15-21(27-2)16-12-19/h3-6,8-9,11-16H,7,10H2,1-2H3,(H,24,25). The molecule has 1 N–H and O–H groups in total. The van der Waals surface area contributed by atoms with Crippen molar-refractivity contribution in [1.29, 1.82) is 0 Å². The molecule has 0 saturated carbocycles. The normalized spacial score (nSPS) is 10.3. The van der Waals surface area contributed by atoms with Gasteiger partial charge in [0.15, 0.2) is 0 Å². The number of hydrogen-bond acceptors (Lipinski definition) is 3. The van der Waals surface area contributed by atoms with Crippen LogP contribution in [0.2, 0.25) is 0 Å². The number of nitrogens with one attached hydrogen (secondary N) is 1. The minimum atomic E-state index is -0.130. The van der Waals surface area contributed by atoms with E-state index in [1.54, 1.807) is 38.5 Å². The monoisotopic (exact) mass is 361 g/mol. The summed E-state index contributed by atoms with van der Waals surface area (Å²) in [5.41, 5.74) is 3.77. The maximum atomic E-state index is 12.5. The van der Waals surface area contributed by atoms with E-state index in [-0.39, 0.29) is 5.91 Å². The molecule has 0 fully saturated rings. The van der Waals surface area contributed by atoms with Crippen molar-refractivity contribution in [2.45, 2.75) is 12.8 Å². The Hall–Kier alpha value is -3.27. The van der Waals surface area contributed by atoms with Crippen molar-refractivity contribution in [3.8, 4) is 11.5 Å². The number of ether oxygens (including phenoxy) is 2. The zero-order valence-corrected chi connectivity index (χ0v) is 15.6. The zero-order chi connectivity index (χ0) is 19.1. The Morgan fingerprint density at radius 3 is 2.00 bits per heavy atom. The molecule has 0 saturated heterocycles. The minimum absolute atomic E-state index is 0.130. The third-order valence-corrected chi connectivity index (χ3v) is 4.46. The Morgan fingerprint density at radius 1 is 0.778 bits per heavy atom. The highest BCUT2D eigenvalue weighted by Gasteiger charge is 2.09. The lowest BCUT2D eigenvalue weighted by atomic mass is 10.0. The fourth-order valence-electron chi connectivity index (χ4n) is 2.87. The van der Waals surface area contributed by atoms with Crippen molar-refractivity contribution in [2.75, 3.05) is 19.5 Å². The van der Waals surface area contributed by atoms with Crippen LogP contribution in [0.1, 0.15) is 21.5 Å². The molecule has 0 heterocycles. The summed E-state index contributed by atoms with van der Waals surface area (Å²) in [6.45, 7) is 0. The van der Waals surface area contributed by atoms with Gasteiger partial charge in [-0.1, -0.05) is 30.3 Å². The van der Waals surface area contributed by atoms with E-state index in [9.17, 15) is 4.79 Å². The number of rotatable bonds is 7. The lowest BCUT2D eigenvalue weighted by Gasteiger charge is -2.12. The summed E-state index contributed by atoms with van der Waals surface area (Å²) < 4.78 is 10.3. The largest absolute Gasteiger partial charge is 0.497 e. The van der Waals surface area contributed by atoms with Gasteiger partial charge in [-0.25, -0.2) is 0 Å². The third kappa shape index (κ3) is 4.88. The van der Waals surface area contributed by atoms with Gasteiger partial charge in [0, 0.05) is 11.3 Å². The smallest absolute Gasteiger partial charge is 0.255 e. The van der Waals surface area contributed by atoms with E-state index in [1.807, 2.05) is 36.4 Å². The summed E-state index contributed by atoms with van der Waals surface area (Å²) >= 11 is 0. The highest BCUT2D eigenvalue weighted by atomic mass is 16.5. The molecule has 138 valence electrons. The molecule has 0 atom stereocenters. The molecule has 1 amide bonds. The summed E-state index contributed by atoms with van der Waals surface area (Å²) in [5, 5.41) is 3.02. The summed E-state index contributed by atoms with van der Waals surface area (Å²) in [7, 11) is 3.27. The SMILES string of the molecule is COc1ccc(CCc2ccccc2NC(=O)c2ccc(OC)cc2)cc1. The summed E-state index contributed by atoms with van der Waals surface area (Å²) in [5.74, 6) is 1.45. The van der Waals surface area contributed by atoms with Gasteiger partial charge in [-0.15, -0.1) is 0 Å². The van der Waals surface area contributed by atoms with E-state index in [0.717, 1.165) is 35.6 Å². The van der Waals surface area contributed by atoms with Gasteiger partial charge in [0.25, 0.3) is 5.91 Å². The van der Waals surface area contributed by atoms with Crippen LogP contribution in [0, 0.1) is 0 Å². The molecule has 0 aliphatic carbocycles. The van der Waals surface area contributed by atoms with Crippen molar-refractivity contribution in [3.05, 3.63) is 89.5 Å². The Balaban J connectivity index is 1.68. The number of para-hydroxylation sites is 1. The summed E-state index contributed by atoms with van der Waals surface area (Å²) in [4.78, 5) is 12.5. The van der Waals surface area contributed by atoms with Crippen LogP contribution in [0.3, 0.4) is 0 Å². The van der Waals surface area contributed by atoms with E-state index in [4.69, 9.17) is 9.47 Å². The van der Waals surface area contributed by atoms with Gasteiger partial charge in [0.05, 0.1) is 14.2 Å². The Morgan fingerprint density at radius 2 is 1.37 bits per heavy atom. The molecule has 4 heteroatoms. The number of benzene rings is 3. The quantitative estimate of drug-likeness (QED) is 0.661. The van der Waals surface area contributed by atoms with Crippen molar-refractivity contribution in [3.63, 3.8) is 0 Å². The van der Waals surface area contributed by atoms with Gasteiger partial charge in [-0.05, 0) is 66.4 Å². The highest BCUT2D eigenvalue weighted by Crippen LogP contribution is 2.20. The number of carbonyl (C=O) groups is 1. The fraction of sp³-hybridized carbons (Fsp3) is 0.174. The summed E-state index contributed by atoms with van der Waals surface area (Å²) in [6.07, 6.45) is 1.73. The van der Waals surface area contributed by atoms with Crippen molar-refractivity contribution >= 4 is 11.6 Å². The lowest BCUT2D eigenvalue weighted by molar-refractivity contribution is 0.102. The first-order valence-electron chi connectivity index (χ1n) is 8.86. The first-order valence-corrected chi connectivity index (χ1v) is 8.86. The molecule has 0 spiro atoms. The van der Waals surface area contributed by atoms with E-state index < -0.39 is 0 Å². The number of methoxy groups -OCH3 is 2. The predicted octanol–water partition coefficient (Wildman–Crippen LogP) is 4.74. The van der Waals surface area contributed by atoms with E-state index in [0.29, 0.717) is 5.56 Å². The van der Waals surface area contributed by atoms with E-state index >= 15 is 0 Å². The van der Waals surface area contributed by atoms with Crippen LogP contribution in [0.5, 0.6) is 11.5 Å². The molecule has 0 unspecified atom stereocenters. The van der Waals surface area contributed by atoms with Gasteiger partial charge in [0.1, 0.15) is 11.5 Å². The number of anilines is 1. The molecule has 3 aromatic carbocycles. The number of aryl methyl sites for hydroxylation is 2. The Labute approximate surface area is 159 Å². The molecule has 0 aliphatic heterocycles. The van der Waals surface area contributed by atoms with E-state index in [1.165, 1.54) is 5.56 Å². The molecule has 0 bridgehead atoms. The molecule has 0 aromatic heterocycles. The summed E-state index contributed by atoms with van der Waals surface area (Å²) in [6, 6.07) is 23.1. The van der Waals surface area contributed by atoms with Gasteiger partial charge >= 0.3 is 0 Å². The molecule has 4 nitrogen and oxygen atoms in total. The van der Waals surface area contributed by atoms with Crippen LogP contribution < -0.4 is 14.8 Å². The second kappa shape index (κ2) is 8.90. The van der Waals surface area contributed by atoms with Gasteiger partial charge < -0.3 is 14.8 Å². The van der Waals surface area contributed by atoms with Crippen molar-refractivity contribution in [1.82, 2.24) is 0 Å². The van der Waals surface area contributed by atoms with Crippen molar-refractivity contribution in [2.24, 2.45) is 0 Å². The van der Waals surface area contributed by atoms with Crippen LogP contribution in [0.4, 0.5) is 5.69 Å². The molecular formula is C23H23NO3. The second-order valence-corrected chi connectivity index (χ2v) is 6.19. The van der Waals surface area contributed by atoms with Crippen LogP contribution >= 0.6 is 0 Å². The minimum Gasteiger partial charge on any atom is -0.497 e. The average molecular weight is 361 g/mol. The van der Waals surface area contributed by atoms with E-state index in [2.05, 4.69) is 17.4 Å². The maximum absolute atomic E-state index is 12.5. The van der Waals surface area contributed by atoms with Crippen LogP contribution in [0.25, 0.3) is 0 Å². The average Bonchev–Trinajstić information content (AvgIpc) is 2.73. The van der Waals surface area contributed by atoms with Crippen LogP contribution in [0.15, 0.2) is 72.8 Å². The van der Waals surface area contributed by atoms with Gasteiger partial charge in [0.2, 0.25) is 0 Å². The molecule has 27 heavy (non-hydrogen) atoms. The predicted molar refractivity (Wildman–Crippen MR) is 108 cm³/mol. The molecule has 0 radical (unpaired) electrons. The van der Waals surface area contributed by atoms with Crippen molar-refractivity contribution < 1.29 is 14.3 Å². The topological polar surface area (TPSA) is 47.6 Å². The van der Waals surface area contributed by atoms with Crippen LogP contribution in [-0.4, -0.2) is 20.1 Å². The number of amides is 1. The fourth-order valence-corrected chi connectivity index (χ4v) is 2.87. The second-order valence-electron chi connectivity index (χ2n) is 6.19. The van der Waals surface area contributed by atoms with Crippen LogP contribution in [-0.2, 0) is 12.8 Å². The first kappa shape index (κ1) is 18.5. The molecule has 0 aliphatic rings. The zero-order valence-electron chi connectivity index (χ0n) is 15.6. The highest BCUT2D eigenvalue weighted by molar-refractivity contribution is 6.04. The number of carbonyl (C=O) groups excluding carboxylic acids is 1. The maximum Gasteiger partial charge on any atom is 0.255 e. The third-order valence-electron chi connectivity index (χ3n) is 4.46. The molecule has 3 rings (SSSR count). The number of hydrogen-bond donors (Lipinski definition) is 1. The Kier molecular flexibility index (Phi) is 6.10. The first-order chi connectivity index (χ1) is 13.2. The lowest BCUT2D eigenvalue weighted by Crippen LogP contribution is -2.13. The van der Waals surface area contributed by atoms with Gasteiger partial charge in [-0.3, -0.25) is 4.79 Å². The Bertz CT molecular complexity index is 886. The molecular weight excluding hydrogens is 338 g/mol.